The van der Waals surface area contributed by atoms with E-state index in [1.54, 1.807) is 6.07 Å². The minimum Gasteiger partial charge on any atom is -0.312 e. The van der Waals surface area contributed by atoms with Crippen molar-refractivity contribution in [2.45, 2.75) is 39.8 Å². The molecule has 1 aromatic rings. The van der Waals surface area contributed by atoms with Crippen molar-refractivity contribution in [1.29, 1.82) is 0 Å². The maximum Gasteiger partial charge on any atom is 0.142 e. The van der Waals surface area contributed by atoms with Gasteiger partial charge in [0, 0.05) is 19.1 Å². The molecule has 1 fully saturated rings. The molecule has 1 unspecified atom stereocenters. The molecule has 0 aromatic heterocycles. The molecule has 2 nitrogen and oxygen atoms in total. The summed E-state index contributed by atoms with van der Waals surface area (Å²) >= 11 is 6.06. The average Bonchev–Trinajstić information content (AvgIpc) is 2.60. The van der Waals surface area contributed by atoms with Gasteiger partial charge in [0.15, 0.2) is 0 Å². The fraction of sp³-hybridized carbons (Fsp3) is 0.625. The van der Waals surface area contributed by atoms with Gasteiger partial charge in [0.05, 0.1) is 5.02 Å². The highest BCUT2D eigenvalue weighted by atomic mass is 35.5. The van der Waals surface area contributed by atoms with Crippen molar-refractivity contribution in [3.05, 3.63) is 34.6 Å². The molecule has 0 aliphatic carbocycles. The van der Waals surface area contributed by atoms with Crippen LogP contribution in [0, 0.1) is 11.2 Å². The Bertz CT molecular complexity index is 456. The van der Waals surface area contributed by atoms with E-state index in [-0.39, 0.29) is 16.3 Å². The molecule has 1 N–H and O–H groups in total. The van der Waals surface area contributed by atoms with E-state index in [0.717, 1.165) is 31.6 Å². The van der Waals surface area contributed by atoms with Gasteiger partial charge in [0.1, 0.15) is 5.82 Å². The fourth-order valence-corrected chi connectivity index (χ4v) is 2.81. The molecule has 0 amide bonds. The first kappa shape index (κ1) is 15.7. The van der Waals surface area contributed by atoms with E-state index in [9.17, 15) is 4.39 Å². The lowest BCUT2D eigenvalue weighted by Gasteiger charge is -2.33. The Morgan fingerprint density at radius 1 is 1.40 bits per heavy atom. The summed E-state index contributed by atoms with van der Waals surface area (Å²) in [5.41, 5.74) is 1.09. The number of hydrogen-bond donors (Lipinski definition) is 1. The zero-order valence-electron chi connectivity index (χ0n) is 12.5. The summed E-state index contributed by atoms with van der Waals surface area (Å²) in [5, 5.41) is 3.88. The van der Waals surface area contributed by atoms with Crippen LogP contribution in [-0.4, -0.2) is 30.6 Å². The van der Waals surface area contributed by atoms with Crippen LogP contribution < -0.4 is 5.32 Å². The molecular weight excluding hydrogens is 275 g/mol. The lowest BCUT2D eigenvalue weighted by molar-refractivity contribution is 0.192. The second-order valence-electron chi connectivity index (χ2n) is 6.67. The molecule has 1 saturated heterocycles. The third-order valence-electron chi connectivity index (χ3n) is 3.95. The lowest BCUT2D eigenvalue weighted by atomic mass is 9.86. The summed E-state index contributed by atoms with van der Waals surface area (Å²) in [5.74, 6) is -0.329. The first-order valence-corrected chi connectivity index (χ1v) is 7.64. The minimum absolute atomic E-state index is 0.217. The van der Waals surface area contributed by atoms with Gasteiger partial charge in [-0.05, 0) is 36.6 Å². The molecule has 112 valence electrons. The van der Waals surface area contributed by atoms with Gasteiger partial charge in [-0.1, -0.05) is 44.5 Å². The Balaban J connectivity index is 2.09. The van der Waals surface area contributed by atoms with Crippen LogP contribution in [0.15, 0.2) is 18.2 Å². The van der Waals surface area contributed by atoms with E-state index in [4.69, 9.17) is 11.6 Å². The van der Waals surface area contributed by atoms with Crippen LogP contribution >= 0.6 is 11.6 Å². The van der Waals surface area contributed by atoms with E-state index in [1.807, 2.05) is 6.07 Å². The molecule has 0 saturated carbocycles. The summed E-state index contributed by atoms with van der Waals surface area (Å²) in [6.45, 7) is 10.5. The van der Waals surface area contributed by atoms with Gasteiger partial charge in [-0.2, -0.15) is 0 Å². The fourth-order valence-electron chi connectivity index (χ4n) is 2.63. The summed E-state index contributed by atoms with van der Waals surface area (Å²) in [6.07, 6.45) is 1.11. The predicted molar refractivity (Wildman–Crippen MR) is 82.5 cm³/mol. The molecule has 20 heavy (non-hydrogen) atoms. The second kappa shape index (κ2) is 6.42. The predicted octanol–water partition coefficient (Wildman–Crippen LogP) is 3.69. The highest BCUT2D eigenvalue weighted by Gasteiger charge is 2.28. The van der Waals surface area contributed by atoms with E-state index < -0.39 is 0 Å². The van der Waals surface area contributed by atoms with Crippen LogP contribution in [0.1, 0.15) is 32.8 Å². The van der Waals surface area contributed by atoms with Crippen LogP contribution in [0.5, 0.6) is 0 Å². The molecule has 1 aromatic carbocycles. The van der Waals surface area contributed by atoms with Crippen molar-refractivity contribution in [3.63, 3.8) is 0 Å². The normalized spacial score (nSPS) is 21.8. The molecule has 4 heteroatoms. The number of halogens is 2. The number of nitrogens with zero attached hydrogens (tertiary/aromatic N) is 1. The maximum atomic E-state index is 13.5. The summed E-state index contributed by atoms with van der Waals surface area (Å²) < 4.78 is 13.5. The van der Waals surface area contributed by atoms with E-state index in [0.29, 0.717) is 12.6 Å². The zero-order valence-corrected chi connectivity index (χ0v) is 13.3. The smallest absolute Gasteiger partial charge is 0.142 e. The largest absolute Gasteiger partial charge is 0.312 e. The molecule has 0 bridgehead atoms. The molecule has 1 aliphatic rings. The van der Waals surface area contributed by atoms with Gasteiger partial charge < -0.3 is 5.32 Å². The van der Waals surface area contributed by atoms with E-state index in [1.165, 1.54) is 6.07 Å². The Hall–Kier alpha value is -0.640. The Morgan fingerprint density at radius 3 is 2.85 bits per heavy atom. The Kier molecular flexibility index (Phi) is 5.05. The quantitative estimate of drug-likeness (QED) is 0.896. The first-order chi connectivity index (χ1) is 9.38. The van der Waals surface area contributed by atoms with Crippen molar-refractivity contribution in [3.8, 4) is 0 Å². The molecule has 0 spiro atoms. The lowest BCUT2D eigenvalue weighted by Crippen LogP contribution is -2.46. The SMILES string of the molecule is CC(C)(C)C1CN(Cc2cccc(F)c2Cl)CCCN1. The van der Waals surface area contributed by atoms with Gasteiger partial charge >= 0.3 is 0 Å². The topological polar surface area (TPSA) is 15.3 Å². The summed E-state index contributed by atoms with van der Waals surface area (Å²) in [6, 6.07) is 5.50. The van der Waals surface area contributed by atoms with Gasteiger partial charge in [0.25, 0.3) is 0 Å². The van der Waals surface area contributed by atoms with Gasteiger partial charge in [-0.15, -0.1) is 0 Å². The molecule has 1 atom stereocenters. The number of benzene rings is 1. The monoisotopic (exact) mass is 298 g/mol. The Labute approximate surface area is 126 Å². The standard InChI is InChI=1S/C16H24ClFN2/c1-16(2,3)14-11-20(9-5-8-19-14)10-12-6-4-7-13(18)15(12)17/h4,6-7,14,19H,5,8-11H2,1-3H3. The van der Waals surface area contributed by atoms with Crippen molar-refractivity contribution >= 4 is 11.6 Å². The summed E-state index contributed by atoms with van der Waals surface area (Å²) in [7, 11) is 0. The number of rotatable bonds is 2. The van der Waals surface area contributed by atoms with Crippen molar-refractivity contribution in [2.24, 2.45) is 5.41 Å². The molecule has 1 aliphatic heterocycles. The molecular formula is C16H24ClFN2. The van der Waals surface area contributed by atoms with Crippen LogP contribution in [0.2, 0.25) is 5.02 Å². The van der Waals surface area contributed by atoms with Gasteiger partial charge in [0.2, 0.25) is 0 Å². The van der Waals surface area contributed by atoms with Crippen LogP contribution in [0.4, 0.5) is 4.39 Å². The highest BCUT2D eigenvalue weighted by molar-refractivity contribution is 6.31. The average molecular weight is 299 g/mol. The first-order valence-electron chi connectivity index (χ1n) is 7.26. The van der Waals surface area contributed by atoms with Crippen LogP contribution in [0.3, 0.4) is 0 Å². The van der Waals surface area contributed by atoms with Crippen molar-refractivity contribution in [2.75, 3.05) is 19.6 Å². The number of nitrogens with one attached hydrogen (secondary N) is 1. The molecule has 2 rings (SSSR count). The van der Waals surface area contributed by atoms with Crippen molar-refractivity contribution in [1.82, 2.24) is 10.2 Å². The van der Waals surface area contributed by atoms with Crippen molar-refractivity contribution < 1.29 is 4.39 Å². The minimum atomic E-state index is -0.329. The third-order valence-corrected chi connectivity index (χ3v) is 4.38. The molecule has 0 radical (unpaired) electrons. The van der Waals surface area contributed by atoms with Gasteiger partial charge in [-0.3, -0.25) is 4.90 Å². The highest BCUT2D eigenvalue weighted by Crippen LogP contribution is 2.25. The number of hydrogen-bond acceptors (Lipinski definition) is 2. The van der Waals surface area contributed by atoms with E-state index >= 15 is 0 Å². The second-order valence-corrected chi connectivity index (χ2v) is 7.05. The zero-order chi connectivity index (χ0) is 14.8. The Morgan fingerprint density at radius 2 is 2.15 bits per heavy atom. The van der Waals surface area contributed by atoms with Crippen LogP contribution in [-0.2, 0) is 6.54 Å². The maximum absolute atomic E-state index is 13.5. The molecule has 1 heterocycles. The summed E-state index contributed by atoms with van der Waals surface area (Å²) in [4.78, 5) is 2.37. The van der Waals surface area contributed by atoms with E-state index in [2.05, 4.69) is 31.0 Å². The third kappa shape index (κ3) is 3.94. The van der Waals surface area contributed by atoms with Gasteiger partial charge in [-0.25, -0.2) is 4.39 Å². The van der Waals surface area contributed by atoms with Crippen LogP contribution in [0.25, 0.3) is 0 Å².